The Balaban J connectivity index is 1.40. The molecule has 1 aliphatic rings. The van der Waals surface area contributed by atoms with Crippen LogP contribution in [0.1, 0.15) is 26.3 Å². The molecule has 1 heterocycles. The van der Waals surface area contributed by atoms with Crippen molar-refractivity contribution in [1.29, 1.82) is 0 Å². The summed E-state index contributed by atoms with van der Waals surface area (Å²) < 4.78 is 16.1. The number of benzene rings is 3. The van der Waals surface area contributed by atoms with Crippen LogP contribution >= 0.6 is 0 Å². The van der Waals surface area contributed by atoms with Gasteiger partial charge in [0, 0.05) is 22.9 Å². The molecule has 0 spiro atoms. The van der Waals surface area contributed by atoms with E-state index in [0.717, 1.165) is 0 Å². The largest absolute Gasteiger partial charge is 0.486 e. The van der Waals surface area contributed by atoms with Gasteiger partial charge in [-0.3, -0.25) is 9.59 Å². The third kappa shape index (κ3) is 4.72. The van der Waals surface area contributed by atoms with Crippen molar-refractivity contribution >= 4 is 23.3 Å². The van der Waals surface area contributed by atoms with Crippen LogP contribution in [0.4, 0.5) is 5.69 Å². The number of anilines is 1. The number of carbonyl (C=O) groups is 3. The summed E-state index contributed by atoms with van der Waals surface area (Å²) >= 11 is 0. The molecule has 0 saturated heterocycles. The van der Waals surface area contributed by atoms with E-state index in [1.165, 1.54) is 6.07 Å². The Hall–Kier alpha value is -4.13. The summed E-state index contributed by atoms with van der Waals surface area (Å²) in [6, 6.07) is 20.0. The van der Waals surface area contributed by atoms with Crippen LogP contribution in [0.15, 0.2) is 72.8 Å². The Morgan fingerprint density at radius 1 is 0.806 bits per heavy atom. The minimum atomic E-state index is -0.753. The van der Waals surface area contributed by atoms with Gasteiger partial charge in [-0.25, -0.2) is 4.79 Å². The Kier molecular flexibility index (Phi) is 5.93. The van der Waals surface area contributed by atoms with Crippen molar-refractivity contribution in [3.05, 3.63) is 89.5 Å². The fourth-order valence-corrected chi connectivity index (χ4v) is 3.13. The lowest BCUT2D eigenvalue weighted by Gasteiger charge is -2.19. The average molecular weight is 417 g/mol. The van der Waals surface area contributed by atoms with Crippen molar-refractivity contribution in [2.75, 3.05) is 25.1 Å². The molecule has 4 rings (SSSR count). The second kappa shape index (κ2) is 9.13. The standard InChI is InChI=1S/C24H19NO6/c26-22(25-17-10-11-20-21(14-17)30-13-12-29-20)15-31-24(28)19-9-5-4-8-18(19)23(27)16-6-2-1-3-7-16/h1-11,14H,12-13,15H2,(H,25,26). The number of ether oxygens (including phenoxy) is 3. The summed E-state index contributed by atoms with van der Waals surface area (Å²) in [6.07, 6.45) is 0. The number of fused-ring (bicyclic) bond motifs is 1. The summed E-state index contributed by atoms with van der Waals surface area (Å²) in [4.78, 5) is 37.5. The van der Waals surface area contributed by atoms with E-state index in [1.54, 1.807) is 66.7 Å². The number of carbonyl (C=O) groups excluding carboxylic acids is 3. The molecule has 31 heavy (non-hydrogen) atoms. The highest BCUT2D eigenvalue weighted by Crippen LogP contribution is 2.32. The van der Waals surface area contributed by atoms with Crippen LogP contribution in [-0.2, 0) is 9.53 Å². The predicted octanol–water partition coefficient (Wildman–Crippen LogP) is 3.48. The van der Waals surface area contributed by atoms with E-state index in [0.29, 0.717) is 36.0 Å². The molecule has 7 heteroatoms. The number of hydrogen-bond donors (Lipinski definition) is 1. The smallest absolute Gasteiger partial charge is 0.339 e. The summed E-state index contributed by atoms with van der Waals surface area (Å²) in [6.45, 7) is 0.410. The van der Waals surface area contributed by atoms with Crippen molar-refractivity contribution in [3.8, 4) is 11.5 Å². The molecular weight excluding hydrogens is 398 g/mol. The first-order valence-corrected chi connectivity index (χ1v) is 9.67. The predicted molar refractivity (Wildman–Crippen MR) is 113 cm³/mol. The van der Waals surface area contributed by atoms with Gasteiger partial charge in [-0.15, -0.1) is 0 Å². The number of rotatable bonds is 6. The lowest BCUT2D eigenvalue weighted by Crippen LogP contribution is -2.22. The van der Waals surface area contributed by atoms with Gasteiger partial charge in [0.15, 0.2) is 23.9 Å². The van der Waals surface area contributed by atoms with Crippen LogP contribution < -0.4 is 14.8 Å². The van der Waals surface area contributed by atoms with Gasteiger partial charge in [0.1, 0.15) is 13.2 Å². The topological polar surface area (TPSA) is 90.9 Å². The summed E-state index contributed by atoms with van der Waals surface area (Å²) in [5.74, 6) is -0.423. The monoisotopic (exact) mass is 417 g/mol. The molecule has 3 aromatic carbocycles. The summed E-state index contributed by atoms with van der Waals surface area (Å²) in [7, 11) is 0. The molecule has 0 aliphatic carbocycles. The molecule has 0 bridgehead atoms. The number of nitrogens with one attached hydrogen (secondary N) is 1. The van der Waals surface area contributed by atoms with E-state index in [9.17, 15) is 14.4 Å². The van der Waals surface area contributed by atoms with E-state index in [4.69, 9.17) is 14.2 Å². The number of ketones is 1. The van der Waals surface area contributed by atoms with Gasteiger partial charge in [0.25, 0.3) is 5.91 Å². The summed E-state index contributed by atoms with van der Waals surface area (Å²) in [5, 5.41) is 2.64. The SMILES string of the molecule is O=C(COC(=O)c1ccccc1C(=O)c1ccccc1)Nc1ccc2c(c1)OCCO2. The van der Waals surface area contributed by atoms with Crippen LogP contribution in [0.25, 0.3) is 0 Å². The molecule has 0 fully saturated rings. The van der Waals surface area contributed by atoms with Crippen molar-refractivity contribution in [3.63, 3.8) is 0 Å². The Morgan fingerprint density at radius 3 is 2.26 bits per heavy atom. The Bertz CT molecular complexity index is 1130. The average Bonchev–Trinajstić information content (AvgIpc) is 2.82. The van der Waals surface area contributed by atoms with Gasteiger partial charge in [0.05, 0.1) is 5.56 Å². The van der Waals surface area contributed by atoms with E-state index in [2.05, 4.69) is 5.32 Å². The molecule has 0 unspecified atom stereocenters. The van der Waals surface area contributed by atoms with E-state index in [1.807, 2.05) is 0 Å². The van der Waals surface area contributed by atoms with Crippen LogP contribution in [0.3, 0.4) is 0 Å². The molecule has 3 aromatic rings. The van der Waals surface area contributed by atoms with Gasteiger partial charge in [0.2, 0.25) is 0 Å². The highest BCUT2D eigenvalue weighted by molar-refractivity contribution is 6.14. The molecule has 0 atom stereocenters. The van der Waals surface area contributed by atoms with E-state index < -0.39 is 18.5 Å². The van der Waals surface area contributed by atoms with Gasteiger partial charge < -0.3 is 19.5 Å². The minimum Gasteiger partial charge on any atom is -0.486 e. The van der Waals surface area contributed by atoms with Crippen molar-refractivity contribution in [2.45, 2.75) is 0 Å². The van der Waals surface area contributed by atoms with Gasteiger partial charge in [-0.05, 0) is 18.2 Å². The zero-order valence-electron chi connectivity index (χ0n) is 16.5. The van der Waals surface area contributed by atoms with Crippen LogP contribution in [0, 0.1) is 0 Å². The van der Waals surface area contributed by atoms with Crippen molar-refractivity contribution in [2.24, 2.45) is 0 Å². The molecule has 0 aromatic heterocycles. The maximum absolute atomic E-state index is 12.8. The lowest BCUT2D eigenvalue weighted by molar-refractivity contribution is -0.119. The van der Waals surface area contributed by atoms with E-state index in [-0.39, 0.29) is 16.9 Å². The first-order chi connectivity index (χ1) is 15.1. The Labute approximate surface area is 178 Å². The molecule has 7 nitrogen and oxygen atoms in total. The lowest BCUT2D eigenvalue weighted by atomic mass is 9.98. The normalized spacial score (nSPS) is 12.0. The number of esters is 1. The van der Waals surface area contributed by atoms with Gasteiger partial charge in [-0.1, -0.05) is 48.5 Å². The molecule has 0 radical (unpaired) electrons. The Morgan fingerprint density at radius 2 is 1.48 bits per heavy atom. The highest BCUT2D eigenvalue weighted by atomic mass is 16.6. The molecule has 1 amide bonds. The van der Waals surface area contributed by atoms with E-state index >= 15 is 0 Å². The van der Waals surface area contributed by atoms with Gasteiger partial charge >= 0.3 is 5.97 Å². The zero-order chi connectivity index (χ0) is 21.6. The van der Waals surface area contributed by atoms with Gasteiger partial charge in [-0.2, -0.15) is 0 Å². The molecule has 1 aliphatic heterocycles. The van der Waals surface area contributed by atoms with Crippen LogP contribution in [-0.4, -0.2) is 37.5 Å². The maximum atomic E-state index is 12.8. The van der Waals surface area contributed by atoms with Crippen LogP contribution in [0.5, 0.6) is 11.5 Å². The zero-order valence-corrected chi connectivity index (χ0v) is 16.5. The third-order valence-electron chi connectivity index (χ3n) is 4.59. The van der Waals surface area contributed by atoms with Crippen molar-refractivity contribution < 1.29 is 28.6 Å². The molecule has 0 saturated carbocycles. The highest BCUT2D eigenvalue weighted by Gasteiger charge is 2.20. The third-order valence-corrected chi connectivity index (χ3v) is 4.59. The minimum absolute atomic E-state index is 0.100. The number of amides is 1. The summed E-state index contributed by atoms with van der Waals surface area (Å²) in [5.41, 5.74) is 1.26. The quantitative estimate of drug-likeness (QED) is 0.488. The molecule has 156 valence electrons. The first kappa shape index (κ1) is 20.2. The van der Waals surface area contributed by atoms with Crippen molar-refractivity contribution in [1.82, 2.24) is 0 Å². The second-order valence-corrected chi connectivity index (χ2v) is 6.72. The maximum Gasteiger partial charge on any atom is 0.339 e. The van der Waals surface area contributed by atoms with Crippen LogP contribution in [0.2, 0.25) is 0 Å². The number of hydrogen-bond acceptors (Lipinski definition) is 6. The fraction of sp³-hybridized carbons (Fsp3) is 0.125. The second-order valence-electron chi connectivity index (χ2n) is 6.72. The first-order valence-electron chi connectivity index (χ1n) is 9.67. The molecular formula is C24H19NO6. The molecule has 1 N–H and O–H groups in total. The fourth-order valence-electron chi connectivity index (χ4n) is 3.13.